The zero-order valence-electron chi connectivity index (χ0n) is 9.90. The lowest BCUT2D eigenvalue weighted by molar-refractivity contribution is -0.384. The number of anilines is 1. The highest BCUT2D eigenvalue weighted by Gasteiger charge is 2.18. The summed E-state index contributed by atoms with van der Waals surface area (Å²) in [6.07, 6.45) is 1.03. The fourth-order valence-electron chi connectivity index (χ4n) is 1.25. The second kappa shape index (κ2) is 7.24. The molecular formula is C10H13N3O6. The van der Waals surface area contributed by atoms with E-state index in [0.717, 1.165) is 12.3 Å². The number of aromatic carboxylic acids is 1. The summed E-state index contributed by atoms with van der Waals surface area (Å²) in [4.78, 5) is 24.5. The molecule has 0 amide bonds. The predicted molar refractivity (Wildman–Crippen MR) is 64.2 cm³/mol. The number of ether oxygens (including phenoxy) is 1. The highest BCUT2D eigenvalue weighted by molar-refractivity contribution is 5.88. The van der Waals surface area contributed by atoms with Crippen molar-refractivity contribution in [2.45, 2.75) is 0 Å². The average molecular weight is 271 g/mol. The number of nitrogens with one attached hydrogen (secondary N) is 1. The van der Waals surface area contributed by atoms with Crippen molar-refractivity contribution in [3.05, 3.63) is 27.9 Å². The molecular weight excluding hydrogens is 258 g/mol. The first-order chi connectivity index (χ1) is 9.06. The number of aromatic nitrogens is 1. The van der Waals surface area contributed by atoms with Crippen LogP contribution in [0.4, 0.5) is 11.5 Å². The molecule has 0 atom stereocenters. The molecule has 0 aliphatic rings. The number of carboxylic acid groups (broad SMARTS) is 1. The summed E-state index contributed by atoms with van der Waals surface area (Å²) >= 11 is 0. The summed E-state index contributed by atoms with van der Waals surface area (Å²) in [6.45, 7) is 0.557. The van der Waals surface area contributed by atoms with Crippen LogP contribution in [0.2, 0.25) is 0 Å². The molecule has 104 valence electrons. The normalized spacial score (nSPS) is 10.2. The van der Waals surface area contributed by atoms with Gasteiger partial charge in [-0.25, -0.2) is 9.78 Å². The van der Waals surface area contributed by atoms with Crippen LogP contribution in [0.3, 0.4) is 0 Å². The molecule has 3 N–H and O–H groups in total. The molecule has 0 aliphatic carbocycles. The zero-order valence-corrected chi connectivity index (χ0v) is 9.90. The molecule has 9 heteroatoms. The van der Waals surface area contributed by atoms with Gasteiger partial charge < -0.3 is 20.3 Å². The molecule has 0 bridgehead atoms. The Morgan fingerprint density at radius 1 is 1.53 bits per heavy atom. The van der Waals surface area contributed by atoms with Gasteiger partial charge in [-0.15, -0.1) is 0 Å². The number of hydrogen-bond acceptors (Lipinski definition) is 7. The van der Waals surface area contributed by atoms with E-state index in [-0.39, 0.29) is 37.7 Å². The molecule has 0 saturated carbocycles. The Morgan fingerprint density at radius 3 is 2.84 bits per heavy atom. The molecule has 1 rings (SSSR count). The van der Waals surface area contributed by atoms with Crippen molar-refractivity contribution in [3.63, 3.8) is 0 Å². The average Bonchev–Trinajstić information content (AvgIpc) is 2.38. The van der Waals surface area contributed by atoms with Crippen LogP contribution in [0.15, 0.2) is 12.3 Å². The van der Waals surface area contributed by atoms with Crippen molar-refractivity contribution in [2.24, 2.45) is 0 Å². The number of aliphatic hydroxyl groups excluding tert-OH is 1. The molecule has 1 heterocycles. The summed E-state index contributed by atoms with van der Waals surface area (Å²) in [5.74, 6) is -1.31. The van der Waals surface area contributed by atoms with E-state index in [0.29, 0.717) is 0 Å². The van der Waals surface area contributed by atoms with Gasteiger partial charge in [0.15, 0.2) is 0 Å². The first kappa shape index (κ1) is 14.8. The molecule has 0 radical (unpaired) electrons. The fraction of sp³-hybridized carbons (Fsp3) is 0.400. The second-order valence-corrected chi connectivity index (χ2v) is 3.42. The Labute approximate surface area is 108 Å². The number of hydrogen-bond donors (Lipinski definition) is 3. The van der Waals surface area contributed by atoms with Crippen LogP contribution in [-0.4, -0.2) is 52.5 Å². The van der Waals surface area contributed by atoms with Gasteiger partial charge in [0.25, 0.3) is 0 Å². The molecule has 19 heavy (non-hydrogen) atoms. The molecule has 9 nitrogen and oxygen atoms in total. The number of carbonyl (C=O) groups is 1. The maximum atomic E-state index is 10.8. The van der Waals surface area contributed by atoms with Crippen LogP contribution < -0.4 is 5.32 Å². The van der Waals surface area contributed by atoms with Crippen LogP contribution in [0.25, 0.3) is 0 Å². The van der Waals surface area contributed by atoms with E-state index >= 15 is 0 Å². The summed E-state index contributed by atoms with van der Waals surface area (Å²) in [5.41, 5.74) is -0.671. The Bertz CT molecular complexity index is 465. The van der Waals surface area contributed by atoms with E-state index in [1.807, 2.05) is 0 Å². The van der Waals surface area contributed by atoms with Crippen LogP contribution >= 0.6 is 0 Å². The lowest BCUT2D eigenvalue weighted by Gasteiger charge is -2.06. The molecule has 0 fully saturated rings. The van der Waals surface area contributed by atoms with Gasteiger partial charge in [-0.2, -0.15) is 0 Å². The number of nitrogens with zero attached hydrogens (tertiary/aromatic N) is 2. The Kier molecular flexibility index (Phi) is 5.64. The largest absolute Gasteiger partial charge is 0.478 e. The zero-order chi connectivity index (χ0) is 14.3. The molecule has 0 saturated heterocycles. The number of pyridine rings is 1. The van der Waals surface area contributed by atoms with Gasteiger partial charge in [0.2, 0.25) is 5.82 Å². The summed E-state index contributed by atoms with van der Waals surface area (Å²) in [6, 6.07) is 0.937. The van der Waals surface area contributed by atoms with Gasteiger partial charge in [-0.3, -0.25) is 10.1 Å². The maximum Gasteiger partial charge on any atom is 0.337 e. The van der Waals surface area contributed by atoms with E-state index in [1.54, 1.807) is 0 Å². The van der Waals surface area contributed by atoms with Gasteiger partial charge >= 0.3 is 11.7 Å². The van der Waals surface area contributed by atoms with E-state index in [2.05, 4.69) is 10.3 Å². The second-order valence-electron chi connectivity index (χ2n) is 3.42. The monoisotopic (exact) mass is 271 g/mol. The van der Waals surface area contributed by atoms with Crippen molar-refractivity contribution >= 4 is 17.5 Å². The summed E-state index contributed by atoms with van der Waals surface area (Å²) in [7, 11) is 0. The fourth-order valence-corrected chi connectivity index (χ4v) is 1.25. The number of nitro groups is 1. The molecule has 1 aromatic heterocycles. The Hall–Kier alpha value is -2.26. The van der Waals surface area contributed by atoms with Gasteiger partial charge in [-0.05, 0) is 0 Å². The Morgan fingerprint density at radius 2 is 2.26 bits per heavy atom. The van der Waals surface area contributed by atoms with Gasteiger partial charge in [0, 0.05) is 18.8 Å². The van der Waals surface area contributed by atoms with Crippen LogP contribution in [0.5, 0.6) is 0 Å². The van der Waals surface area contributed by atoms with Gasteiger partial charge in [0.1, 0.15) is 0 Å². The lowest BCUT2D eigenvalue weighted by atomic mass is 10.2. The van der Waals surface area contributed by atoms with Crippen LogP contribution in [-0.2, 0) is 4.74 Å². The third kappa shape index (κ3) is 4.48. The molecule has 0 aliphatic heterocycles. The van der Waals surface area contributed by atoms with Crippen LogP contribution in [0.1, 0.15) is 10.4 Å². The topological polar surface area (TPSA) is 135 Å². The molecule has 1 aromatic rings. The van der Waals surface area contributed by atoms with Crippen LogP contribution in [0, 0.1) is 10.1 Å². The highest BCUT2D eigenvalue weighted by Crippen LogP contribution is 2.22. The molecule has 0 unspecified atom stereocenters. The van der Waals surface area contributed by atoms with Crippen molar-refractivity contribution in [1.82, 2.24) is 4.98 Å². The van der Waals surface area contributed by atoms with Gasteiger partial charge in [0.05, 0.1) is 30.3 Å². The van der Waals surface area contributed by atoms with Crippen molar-refractivity contribution in [1.29, 1.82) is 0 Å². The number of aliphatic hydroxyl groups is 1. The van der Waals surface area contributed by atoms with Crippen molar-refractivity contribution in [3.8, 4) is 0 Å². The molecule has 0 spiro atoms. The minimum Gasteiger partial charge on any atom is -0.478 e. The maximum absolute atomic E-state index is 10.8. The highest BCUT2D eigenvalue weighted by atomic mass is 16.6. The van der Waals surface area contributed by atoms with E-state index < -0.39 is 16.6 Å². The first-order valence-corrected chi connectivity index (χ1v) is 5.36. The quantitative estimate of drug-likeness (QED) is 0.344. The van der Waals surface area contributed by atoms with Gasteiger partial charge in [-0.1, -0.05) is 0 Å². The van der Waals surface area contributed by atoms with E-state index in [4.69, 9.17) is 14.9 Å². The summed E-state index contributed by atoms with van der Waals surface area (Å²) in [5, 5.41) is 30.7. The standard InChI is InChI=1S/C10H13N3O6/c14-2-4-19-3-1-11-9-8(13(17)18)5-7(6-12-9)10(15)16/h5-6,14H,1-4H2,(H,11,12)(H,15,16). The first-order valence-electron chi connectivity index (χ1n) is 5.36. The van der Waals surface area contributed by atoms with Crippen molar-refractivity contribution < 1.29 is 24.7 Å². The smallest absolute Gasteiger partial charge is 0.337 e. The minimum atomic E-state index is -1.28. The third-order valence-corrected chi connectivity index (χ3v) is 2.09. The lowest BCUT2D eigenvalue weighted by Crippen LogP contribution is -2.13. The Balaban J connectivity index is 2.71. The third-order valence-electron chi connectivity index (χ3n) is 2.09. The molecule has 0 aromatic carbocycles. The predicted octanol–water partition coefficient (Wildman–Crippen LogP) is 0.109. The number of rotatable bonds is 8. The number of carboxylic acids is 1. The SMILES string of the molecule is O=C(O)c1cnc(NCCOCCO)c([N+](=O)[O-])c1. The summed E-state index contributed by atoms with van der Waals surface area (Å²) < 4.78 is 4.96. The van der Waals surface area contributed by atoms with E-state index in [1.165, 1.54) is 0 Å². The minimum absolute atomic E-state index is 0.0254. The van der Waals surface area contributed by atoms with E-state index in [9.17, 15) is 14.9 Å². The van der Waals surface area contributed by atoms with Crippen molar-refractivity contribution in [2.75, 3.05) is 31.7 Å².